The maximum atomic E-state index is 12.3. The molecule has 0 aromatic heterocycles. The first kappa shape index (κ1) is 24.9. The van der Waals surface area contributed by atoms with Crippen molar-refractivity contribution < 1.29 is 24.1 Å². The van der Waals surface area contributed by atoms with Gasteiger partial charge in [0.05, 0.1) is 7.11 Å². The number of rotatable bonds is 13. The molecule has 1 aliphatic rings. The number of phenolic OH excluding ortho intramolecular Hbond substituents is 1. The molecule has 0 bridgehead atoms. The van der Waals surface area contributed by atoms with Crippen LogP contribution in [0, 0.1) is 0 Å². The first-order valence-corrected chi connectivity index (χ1v) is 12.5. The third-order valence-electron chi connectivity index (χ3n) is 6.26. The molecule has 2 aromatic carbocycles. The molecule has 3 rings (SSSR count). The SMILES string of the molecule is CCCCCCCCCCCC(=O)Oc1ccc2c(c1)OC(c1ccc(O)cc1OC)CC2. The minimum Gasteiger partial charge on any atom is -0.508 e. The number of carbonyl (C=O) groups excluding carboxylic acids is 1. The number of esters is 1. The molecule has 0 fully saturated rings. The highest BCUT2D eigenvalue weighted by Gasteiger charge is 2.25. The zero-order chi connectivity index (χ0) is 23.5. The first-order chi connectivity index (χ1) is 16.1. The Bertz CT molecular complexity index is 892. The second kappa shape index (κ2) is 13.1. The van der Waals surface area contributed by atoms with E-state index in [1.807, 2.05) is 24.3 Å². The Labute approximate surface area is 198 Å². The molecule has 1 aliphatic heterocycles. The van der Waals surface area contributed by atoms with Gasteiger partial charge in [0.2, 0.25) is 0 Å². The monoisotopic (exact) mass is 454 g/mol. The molecule has 5 nitrogen and oxygen atoms in total. The molecule has 0 radical (unpaired) electrons. The summed E-state index contributed by atoms with van der Waals surface area (Å²) in [4.78, 5) is 12.3. The fourth-order valence-electron chi connectivity index (χ4n) is 4.36. The lowest BCUT2D eigenvalue weighted by molar-refractivity contribution is -0.134. The Hall–Kier alpha value is -2.69. The molecule has 2 aromatic rings. The summed E-state index contributed by atoms with van der Waals surface area (Å²) in [6.07, 6.45) is 12.9. The van der Waals surface area contributed by atoms with Crippen LogP contribution in [0.1, 0.15) is 94.8 Å². The van der Waals surface area contributed by atoms with E-state index in [4.69, 9.17) is 14.2 Å². The number of unbranched alkanes of at least 4 members (excludes halogenated alkanes) is 8. The van der Waals surface area contributed by atoms with Gasteiger partial charge in [-0.2, -0.15) is 0 Å². The van der Waals surface area contributed by atoms with Gasteiger partial charge in [0.1, 0.15) is 29.1 Å². The number of phenols is 1. The van der Waals surface area contributed by atoms with Crippen LogP contribution in [0.25, 0.3) is 0 Å². The molecule has 1 N–H and O–H groups in total. The molecule has 180 valence electrons. The van der Waals surface area contributed by atoms with E-state index in [0.717, 1.165) is 42.6 Å². The number of carbonyl (C=O) groups is 1. The second-order valence-electron chi connectivity index (χ2n) is 8.89. The number of aromatic hydroxyl groups is 1. The molecule has 1 unspecified atom stereocenters. The number of hydrogen-bond donors (Lipinski definition) is 1. The Morgan fingerprint density at radius 1 is 1.00 bits per heavy atom. The Kier molecular flexibility index (Phi) is 9.92. The third-order valence-corrected chi connectivity index (χ3v) is 6.26. The number of aryl methyl sites for hydroxylation is 1. The summed E-state index contributed by atoms with van der Waals surface area (Å²) in [5, 5.41) is 9.72. The maximum Gasteiger partial charge on any atom is 0.311 e. The van der Waals surface area contributed by atoms with E-state index >= 15 is 0 Å². The van der Waals surface area contributed by atoms with Gasteiger partial charge in [-0.25, -0.2) is 0 Å². The van der Waals surface area contributed by atoms with Crippen molar-refractivity contribution in [3.8, 4) is 23.0 Å². The van der Waals surface area contributed by atoms with Crippen LogP contribution in [-0.4, -0.2) is 18.2 Å². The van der Waals surface area contributed by atoms with Crippen molar-refractivity contribution in [3.05, 3.63) is 47.5 Å². The average Bonchev–Trinajstić information content (AvgIpc) is 2.82. The van der Waals surface area contributed by atoms with Crippen molar-refractivity contribution in [2.75, 3.05) is 7.11 Å². The topological polar surface area (TPSA) is 65.0 Å². The van der Waals surface area contributed by atoms with Gasteiger partial charge in [-0.1, -0.05) is 64.4 Å². The Morgan fingerprint density at radius 2 is 1.73 bits per heavy atom. The van der Waals surface area contributed by atoms with E-state index in [2.05, 4.69) is 6.92 Å². The summed E-state index contributed by atoms with van der Waals surface area (Å²) in [7, 11) is 1.58. The van der Waals surface area contributed by atoms with Crippen molar-refractivity contribution in [2.24, 2.45) is 0 Å². The highest BCUT2D eigenvalue weighted by atomic mass is 16.5. The molecule has 0 aliphatic carbocycles. The molecule has 1 atom stereocenters. The zero-order valence-corrected chi connectivity index (χ0v) is 20.1. The van der Waals surface area contributed by atoms with Gasteiger partial charge < -0.3 is 19.3 Å². The average molecular weight is 455 g/mol. The molecular weight excluding hydrogens is 416 g/mol. The van der Waals surface area contributed by atoms with Crippen molar-refractivity contribution in [3.63, 3.8) is 0 Å². The number of benzene rings is 2. The lowest BCUT2D eigenvalue weighted by Gasteiger charge is -2.27. The normalized spacial score (nSPS) is 14.9. The highest BCUT2D eigenvalue weighted by Crippen LogP contribution is 2.40. The van der Waals surface area contributed by atoms with Crippen LogP contribution in [0.4, 0.5) is 0 Å². The van der Waals surface area contributed by atoms with Gasteiger partial charge in [0, 0.05) is 24.1 Å². The van der Waals surface area contributed by atoms with Crippen molar-refractivity contribution in [1.29, 1.82) is 0 Å². The minimum absolute atomic E-state index is 0.160. The zero-order valence-electron chi connectivity index (χ0n) is 20.1. The molecule has 5 heteroatoms. The van der Waals surface area contributed by atoms with E-state index in [1.54, 1.807) is 19.2 Å². The van der Waals surface area contributed by atoms with E-state index in [1.165, 1.54) is 44.9 Å². The van der Waals surface area contributed by atoms with Gasteiger partial charge >= 0.3 is 5.97 Å². The number of fused-ring (bicyclic) bond motifs is 1. The number of ether oxygens (including phenoxy) is 3. The van der Waals surface area contributed by atoms with Crippen LogP contribution in [0.5, 0.6) is 23.0 Å². The van der Waals surface area contributed by atoms with Gasteiger partial charge in [0.25, 0.3) is 0 Å². The summed E-state index contributed by atoms with van der Waals surface area (Å²) < 4.78 is 17.2. The summed E-state index contributed by atoms with van der Waals surface area (Å²) in [5.74, 6) is 1.83. The summed E-state index contributed by atoms with van der Waals surface area (Å²) >= 11 is 0. The van der Waals surface area contributed by atoms with Crippen LogP contribution in [0.15, 0.2) is 36.4 Å². The minimum atomic E-state index is -0.189. The molecule has 1 heterocycles. The molecule has 0 saturated carbocycles. The Balaban J connectivity index is 1.45. The van der Waals surface area contributed by atoms with Crippen LogP contribution in [0.2, 0.25) is 0 Å². The van der Waals surface area contributed by atoms with Crippen LogP contribution >= 0.6 is 0 Å². The molecular formula is C28H38O5. The van der Waals surface area contributed by atoms with Crippen LogP contribution < -0.4 is 14.2 Å². The van der Waals surface area contributed by atoms with Gasteiger partial charge in [-0.15, -0.1) is 0 Å². The standard InChI is InChI=1S/C28H38O5/c1-3-4-5-6-7-8-9-10-11-12-28(30)32-23-16-13-21-14-18-25(33-26(21)20-23)24-17-15-22(29)19-27(24)31-2/h13,15-17,19-20,25,29H,3-12,14,18H2,1-2H3. The van der Waals surface area contributed by atoms with Gasteiger partial charge in [-0.3, -0.25) is 4.79 Å². The summed E-state index contributed by atoms with van der Waals surface area (Å²) in [5.41, 5.74) is 2.00. The first-order valence-electron chi connectivity index (χ1n) is 12.5. The van der Waals surface area contributed by atoms with E-state index in [0.29, 0.717) is 17.9 Å². The van der Waals surface area contributed by atoms with E-state index < -0.39 is 0 Å². The van der Waals surface area contributed by atoms with Crippen LogP contribution in [0.3, 0.4) is 0 Å². The predicted octanol–water partition coefficient (Wildman–Crippen LogP) is 7.29. The molecule has 33 heavy (non-hydrogen) atoms. The maximum absolute atomic E-state index is 12.3. The fourth-order valence-corrected chi connectivity index (χ4v) is 4.36. The predicted molar refractivity (Wildman–Crippen MR) is 130 cm³/mol. The van der Waals surface area contributed by atoms with E-state index in [9.17, 15) is 9.90 Å². The van der Waals surface area contributed by atoms with Crippen molar-refractivity contribution in [1.82, 2.24) is 0 Å². The number of hydrogen-bond acceptors (Lipinski definition) is 5. The number of methoxy groups -OCH3 is 1. The van der Waals surface area contributed by atoms with E-state index in [-0.39, 0.29) is 17.8 Å². The molecule has 0 amide bonds. The smallest absolute Gasteiger partial charge is 0.311 e. The largest absolute Gasteiger partial charge is 0.508 e. The quantitative estimate of drug-likeness (QED) is 0.195. The molecule has 0 spiro atoms. The summed E-state index contributed by atoms with van der Waals surface area (Å²) in [6.45, 7) is 2.24. The van der Waals surface area contributed by atoms with Gasteiger partial charge in [-0.05, 0) is 43.0 Å². The Morgan fingerprint density at radius 3 is 2.45 bits per heavy atom. The van der Waals surface area contributed by atoms with Crippen molar-refractivity contribution >= 4 is 5.97 Å². The molecule has 0 saturated heterocycles. The highest BCUT2D eigenvalue weighted by molar-refractivity contribution is 5.72. The van der Waals surface area contributed by atoms with Crippen LogP contribution in [-0.2, 0) is 11.2 Å². The summed E-state index contributed by atoms with van der Waals surface area (Å²) in [6, 6.07) is 10.7. The lowest BCUT2D eigenvalue weighted by Crippen LogP contribution is -2.16. The lowest BCUT2D eigenvalue weighted by atomic mass is 9.96. The van der Waals surface area contributed by atoms with Gasteiger partial charge in [0.15, 0.2) is 0 Å². The second-order valence-corrected chi connectivity index (χ2v) is 8.89. The third kappa shape index (κ3) is 7.69. The van der Waals surface area contributed by atoms with Crippen molar-refractivity contribution in [2.45, 2.75) is 90.1 Å². The fraction of sp³-hybridized carbons (Fsp3) is 0.536.